The van der Waals surface area contributed by atoms with E-state index < -0.39 is 39.9 Å². The van der Waals surface area contributed by atoms with Gasteiger partial charge in [-0.3, -0.25) is 4.79 Å². The number of benzene rings is 1. The van der Waals surface area contributed by atoms with E-state index in [0.717, 1.165) is 6.07 Å². The fourth-order valence-corrected chi connectivity index (χ4v) is 4.88. The second-order valence-corrected chi connectivity index (χ2v) is 8.42. The number of rotatable bonds is 1. The van der Waals surface area contributed by atoms with Crippen molar-refractivity contribution >= 4 is 27.9 Å². The highest BCUT2D eigenvalue weighted by Gasteiger charge is 2.56. The first-order valence-electron chi connectivity index (χ1n) is 8.42. The number of aromatic hydroxyl groups is 1. The van der Waals surface area contributed by atoms with Crippen molar-refractivity contribution in [2.75, 3.05) is 31.0 Å². The topological polar surface area (TPSA) is 116 Å². The van der Waals surface area contributed by atoms with Crippen molar-refractivity contribution in [3.63, 3.8) is 0 Å². The zero-order chi connectivity index (χ0) is 20.2. The second kappa shape index (κ2) is 6.27. The van der Waals surface area contributed by atoms with Gasteiger partial charge in [0.25, 0.3) is 5.91 Å². The minimum Gasteiger partial charge on any atom is -0.506 e. The van der Waals surface area contributed by atoms with Crippen molar-refractivity contribution in [3.8, 4) is 17.6 Å². The third kappa shape index (κ3) is 2.90. The molecule has 3 aliphatic rings. The lowest BCUT2D eigenvalue weighted by atomic mass is 10.1. The minimum absolute atomic E-state index is 0.0105. The average Bonchev–Trinajstić information content (AvgIpc) is 2.96. The molecule has 1 saturated carbocycles. The fourth-order valence-electron chi connectivity index (χ4n) is 3.71. The van der Waals surface area contributed by atoms with Gasteiger partial charge in [0.05, 0.1) is 12.7 Å². The van der Waals surface area contributed by atoms with Crippen LogP contribution in [0.15, 0.2) is 12.1 Å². The summed E-state index contributed by atoms with van der Waals surface area (Å²) in [5, 5.41) is 9.94. The summed E-state index contributed by atoms with van der Waals surface area (Å²) in [6.45, 7) is 0.430. The Morgan fingerprint density at radius 2 is 2.04 bits per heavy atom. The maximum atomic E-state index is 14.9. The predicted molar refractivity (Wildman–Crippen MR) is 93.8 cm³/mol. The highest BCUT2D eigenvalue weighted by atomic mass is 32.2. The van der Waals surface area contributed by atoms with E-state index in [0.29, 0.717) is 17.4 Å². The van der Waals surface area contributed by atoms with Crippen LogP contribution in [-0.4, -0.2) is 57.2 Å². The van der Waals surface area contributed by atoms with Crippen LogP contribution in [0.1, 0.15) is 5.56 Å². The van der Waals surface area contributed by atoms with Crippen LogP contribution < -0.4 is 9.03 Å². The number of amides is 2. The summed E-state index contributed by atoms with van der Waals surface area (Å²) < 4.78 is 45.6. The standard InChI is InChI=1S/C17H16FN3O6S/c1-27-17(24)20-6-11-10(12(11)7-20)4-2-9-3-5-13(22)16(15(9)18)21-8-14(23)19-28(21,25)26/h3,5,10-12,22H,6-8H2,1H3,(H,19,23)/t10?,11-,12+. The zero-order valence-corrected chi connectivity index (χ0v) is 15.5. The number of nitrogens with one attached hydrogen (secondary N) is 1. The van der Waals surface area contributed by atoms with Crippen LogP contribution in [0.25, 0.3) is 0 Å². The highest BCUT2D eigenvalue weighted by Crippen LogP contribution is 2.51. The monoisotopic (exact) mass is 409 g/mol. The molecule has 2 N–H and O–H groups in total. The van der Waals surface area contributed by atoms with Gasteiger partial charge in [-0.2, -0.15) is 8.42 Å². The Balaban J connectivity index is 1.55. The third-order valence-electron chi connectivity index (χ3n) is 5.16. The molecule has 0 aromatic heterocycles. The highest BCUT2D eigenvalue weighted by molar-refractivity contribution is 7.92. The molecule has 2 amide bonds. The zero-order valence-electron chi connectivity index (χ0n) is 14.7. The van der Waals surface area contributed by atoms with E-state index >= 15 is 0 Å². The van der Waals surface area contributed by atoms with Gasteiger partial charge in [-0.25, -0.2) is 18.2 Å². The fraction of sp³-hybridized carbons (Fsp3) is 0.412. The molecule has 11 heteroatoms. The van der Waals surface area contributed by atoms with E-state index in [-0.39, 0.29) is 29.4 Å². The lowest BCUT2D eigenvalue weighted by molar-refractivity contribution is -0.117. The summed E-state index contributed by atoms with van der Waals surface area (Å²) in [7, 11) is -2.95. The minimum atomic E-state index is -4.26. The molecule has 0 spiro atoms. The summed E-state index contributed by atoms with van der Waals surface area (Å²) in [6, 6.07) is 2.38. The van der Waals surface area contributed by atoms with Crippen molar-refractivity contribution in [2.24, 2.45) is 17.8 Å². The van der Waals surface area contributed by atoms with Gasteiger partial charge < -0.3 is 14.7 Å². The van der Waals surface area contributed by atoms with Gasteiger partial charge in [-0.1, -0.05) is 11.8 Å². The van der Waals surface area contributed by atoms with E-state index in [1.165, 1.54) is 13.2 Å². The lowest BCUT2D eigenvalue weighted by Gasteiger charge is -2.17. The number of fused-ring (bicyclic) bond motifs is 1. The second-order valence-electron chi connectivity index (χ2n) is 6.83. The molecule has 2 aliphatic heterocycles. The summed E-state index contributed by atoms with van der Waals surface area (Å²) in [5.74, 6) is 3.61. The molecule has 1 aromatic carbocycles. The van der Waals surface area contributed by atoms with Crippen molar-refractivity contribution in [1.82, 2.24) is 9.62 Å². The largest absolute Gasteiger partial charge is 0.506 e. The van der Waals surface area contributed by atoms with Crippen LogP contribution in [-0.2, 0) is 19.7 Å². The molecule has 4 rings (SSSR count). The van der Waals surface area contributed by atoms with Crippen molar-refractivity contribution in [1.29, 1.82) is 0 Å². The SMILES string of the molecule is COC(=O)N1C[C@@H]2C(C#Cc3ccc(O)c(N4CC(=O)NS4(=O)=O)c3F)[C@@H]2C1. The van der Waals surface area contributed by atoms with Crippen LogP contribution in [0.4, 0.5) is 14.9 Å². The molecular formula is C17H16FN3O6S. The molecule has 2 heterocycles. The normalized spacial score (nSPS) is 26.9. The number of ether oxygens (including phenoxy) is 1. The van der Waals surface area contributed by atoms with Gasteiger partial charge in [0.2, 0.25) is 0 Å². The number of nitrogens with zero attached hydrogens (tertiary/aromatic N) is 2. The number of anilines is 1. The molecule has 0 radical (unpaired) electrons. The van der Waals surface area contributed by atoms with Crippen LogP contribution in [0.2, 0.25) is 0 Å². The number of carbonyl (C=O) groups excluding carboxylic acids is 2. The molecule has 1 aliphatic carbocycles. The molecule has 148 valence electrons. The molecule has 9 nitrogen and oxygen atoms in total. The Labute approximate surface area is 160 Å². The molecular weight excluding hydrogens is 393 g/mol. The first-order valence-corrected chi connectivity index (χ1v) is 9.86. The smallest absolute Gasteiger partial charge is 0.409 e. The van der Waals surface area contributed by atoms with E-state index in [1.54, 1.807) is 9.62 Å². The first kappa shape index (κ1) is 18.4. The number of likely N-dealkylation sites (tertiary alicyclic amines) is 1. The Hall–Kier alpha value is -3.00. The maximum absolute atomic E-state index is 14.9. The van der Waals surface area contributed by atoms with Gasteiger partial charge in [0, 0.05) is 19.0 Å². The van der Waals surface area contributed by atoms with Crippen LogP contribution in [0.5, 0.6) is 5.75 Å². The van der Waals surface area contributed by atoms with Gasteiger partial charge in [-0.15, -0.1) is 0 Å². The van der Waals surface area contributed by atoms with E-state index in [2.05, 4.69) is 16.6 Å². The summed E-state index contributed by atoms with van der Waals surface area (Å²) >= 11 is 0. The lowest BCUT2D eigenvalue weighted by Crippen LogP contribution is -2.31. The van der Waals surface area contributed by atoms with Gasteiger partial charge >= 0.3 is 16.3 Å². The van der Waals surface area contributed by atoms with Crippen molar-refractivity contribution < 1.29 is 32.2 Å². The van der Waals surface area contributed by atoms with Crippen LogP contribution >= 0.6 is 0 Å². The number of methoxy groups -OCH3 is 1. The number of carbonyl (C=O) groups is 2. The predicted octanol–water partition coefficient (Wildman–Crippen LogP) is 0.00800. The molecule has 1 aromatic rings. The quantitative estimate of drug-likeness (QED) is 0.631. The van der Waals surface area contributed by atoms with Gasteiger partial charge in [0.15, 0.2) is 5.82 Å². The van der Waals surface area contributed by atoms with Crippen LogP contribution in [0.3, 0.4) is 0 Å². The molecule has 2 saturated heterocycles. The number of phenolic OH excluding ortho intramolecular Hbond substituents is 1. The number of hydrogen-bond donors (Lipinski definition) is 2. The molecule has 1 unspecified atom stereocenters. The van der Waals surface area contributed by atoms with E-state index in [9.17, 15) is 27.5 Å². The molecule has 3 fully saturated rings. The van der Waals surface area contributed by atoms with Gasteiger partial charge in [-0.05, 0) is 24.0 Å². The van der Waals surface area contributed by atoms with Crippen molar-refractivity contribution in [3.05, 3.63) is 23.5 Å². The summed E-state index contributed by atoms with van der Waals surface area (Å²) in [5.41, 5.74) is -0.699. The number of piperidine rings is 1. The Kier molecular flexibility index (Phi) is 4.11. The van der Waals surface area contributed by atoms with E-state index in [4.69, 9.17) is 0 Å². The molecule has 28 heavy (non-hydrogen) atoms. The third-order valence-corrected chi connectivity index (χ3v) is 6.54. The summed E-state index contributed by atoms with van der Waals surface area (Å²) in [6.07, 6.45) is -0.386. The maximum Gasteiger partial charge on any atom is 0.409 e. The van der Waals surface area contributed by atoms with Crippen LogP contribution in [0, 0.1) is 35.4 Å². The Morgan fingerprint density at radius 3 is 2.61 bits per heavy atom. The molecule has 3 atom stereocenters. The van der Waals surface area contributed by atoms with E-state index in [1.807, 2.05) is 0 Å². The van der Waals surface area contributed by atoms with Crippen molar-refractivity contribution in [2.45, 2.75) is 0 Å². The average molecular weight is 409 g/mol. The number of phenols is 1. The Morgan fingerprint density at radius 1 is 1.36 bits per heavy atom. The number of hydrogen-bond acceptors (Lipinski definition) is 6. The summed E-state index contributed by atoms with van der Waals surface area (Å²) in [4.78, 5) is 24.5. The van der Waals surface area contributed by atoms with Gasteiger partial charge in [0.1, 0.15) is 18.0 Å². The molecule has 0 bridgehead atoms. The number of halogens is 1. The Bertz CT molecular complexity index is 1030. The first-order chi connectivity index (χ1) is 13.2.